The van der Waals surface area contributed by atoms with Crippen LogP contribution in [-0.4, -0.2) is 21.6 Å². The number of benzene rings is 1. The molecule has 0 unspecified atom stereocenters. The first kappa shape index (κ1) is 13.1. The lowest BCUT2D eigenvalue weighted by Crippen LogP contribution is -2.11. The summed E-state index contributed by atoms with van der Waals surface area (Å²) in [6.07, 6.45) is 4.00. The van der Waals surface area contributed by atoms with Gasteiger partial charge in [-0.2, -0.15) is 5.26 Å². The number of hydrogen-bond acceptors (Lipinski definition) is 4. The molecule has 0 bridgehead atoms. The van der Waals surface area contributed by atoms with Crippen molar-refractivity contribution < 1.29 is 0 Å². The molecule has 5 nitrogen and oxygen atoms in total. The minimum Gasteiger partial charge on any atom is -0.334 e. The molecule has 0 N–H and O–H groups in total. The maximum absolute atomic E-state index is 8.70. The number of hydrogen-bond donors (Lipinski definition) is 0. The van der Waals surface area contributed by atoms with Crippen LogP contribution in [-0.2, 0) is 13.5 Å². The van der Waals surface area contributed by atoms with Crippen LogP contribution in [0.1, 0.15) is 5.56 Å². The van der Waals surface area contributed by atoms with Crippen molar-refractivity contribution in [1.82, 2.24) is 14.5 Å². The fourth-order valence-electron chi connectivity index (χ4n) is 2.26. The number of nitrogens with zero attached hydrogens (tertiary/aromatic N) is 5. The van der Waals surface area contributed by atoms with E-state index >= 15 is 0 Å². The van der Waals surface area contributed by atoms with Crippen molar-refractivity contribution in [1.29, 1.82) is 5.26 Å². The van der Waals surface area contributed by atoms with E-state index in [1.807, 2.05) is 53.9 Å². The molecule has 0 atom stereocenters. The van der Waals surface area contributed by atoms with Gasteiger partial charge in [0.05, 0.1) is 30.5 Å². The number of imidazole rings is 1. The van der Waals surface area contributed by atoms with E-state index in [0.29, 0.717) is 6.42 Å². The monoisotopic (exact) mass is 277 g/mol. The summed E-state index contributed by atoms with van der Waals surface area (Å²) in [6, 6.07) is 12.1. The molecule has 104 valence electrons. The molecule has 21 heavy (non-hydrogen) atoms. The predicted molar refractivity (Wildman–Crippen MR) is 82.3 cm³/mol. The summed E-state index contributed by atoms with van der Waals surface area (Å²) in [4.78, 5) is 10.7. The number of nitriles is 1. The molecule has 1 aromatic carbocycles. The van der Waals surface area contributed by atoms with Gasteiger partial charge in [-0.05, 0) is 17.7 Å². The zero-order valence-corrected chi connectivity index (χ0v) is 12.0. The topological polar surface area (TPSA) is 57.7 Å². The van der Waals surface area contributed by atoms with Crippen LogP contribution in [0.2, 0.25) is 0 Å². The second-order valence-electron chi connectivity index (χ2n) is 4.95. The Morgan fingerprint density at radius 1 is 1.24 bits per heavy atom. The minimum atomic E-state index is 0.434. The SMILES string of the molecule is CN(c1ccc(CC#N)cc1)c1cc2c(cn1)ncn2C. The molecule has 0 aliphatic carbocycles. The van der Waals surface area contributed by atoms with Gasteiger partial charge in [-0.3, -0.25) is 0 Å². The van der Waals surface area contributed by atoms with E-state index in [9.17, 15) is 0 Å². The molecule has 2 heterocycles. The van der Waals surface area contributed by atoms with Gasteiger partial charge < -0.3 is 9.47 Å². The highest BCUT2D eigenvalue weighted by Gasteiger charge is 2.08. The molecule has 5 heteroatoms. The third-order valence-electron chi connectivity index (χ3n) is 3.55. The average molecular weight is 277 g/mol. The van der Waals surface area contributed by atoms with E-state index in [1.54, 1.807) is 12.5 Å². The lowest BCUT2D eigenvalue weighted by Gasteiger charge is -2.18. The van der Waals surface area contributed by atoms with Crippen molar-refractivity contribution in [2.45, 2.75) is 6.42 Å². The van der Waals surface area contributed by atoms with Crippen LogP contribution < -0.4 is 4.90 Å². The number of pyridine rings is 1. The molecule has 0 aliphatic heterocycles. The standard InChI is InChI=1S/C16H15N5/c1-20-11-19-14-10-18-16(9-15(14)20)21(2)13-5-3-12(4-6-13)7-8-17/h3-6,9-11H,7H2,1-2H3. The Kier molecular flexibility index (Phi) is 3.28. The first-order chi connectivity index (χ1) is 10.2. The molecule has 0 fully saturated rings. The van der Waals surface area contributed by atoms with E-state index in [1.165, 1.54) is 0 Å². The third-order valence-corrected chi connectivity index (χ3v) is 3.55. The van der Waals surface area contributed by atoms with Crippen LogP contribution in [0.5, 0.6) is 0 Å². The first-order valence-corrected chi connectivity index (χ1v) is 6.66. The molecule has 3 rings (SSSR count). The van der Waals surface area contributed by atoms with Crippen molar-refractivity contribution in [3.8, 4) is 6.07 Å². The van der Waals surface area contributed by atoms with Crippen LogP contribution in [0, 0.1) is 11.3 Å². The zero-order chi connectivity index (χ0) is 14.8. The number of anilines is 2. The Balaban J connectivity index is 1.93. The molecule has 0 saturated carbocycles. The van der Waals surface area contributed by atoms with Crippen LogP contribution in [0.15, 0.2) is 42.9 Å². The van der Waals surface area contributed by atoms with Crippen molar-refractivity contribution in [3.63, 3.8) is 0 Å². The van der Waals surface area contributed by atoms with Gasteiger partial charge in [-0.25, -0.2) is 9.97 Å². The number of aromatic nitrogens is 3. The van der Waals surface area contributed by atoms with Crippen LogP contribution >= 0.6 is 0 Å². The fourth-order valence-corrected chi connectivity index (χ4v) is 2.26. The summed E-state index contributed by atoms with van der Waals surface area (Å²) in [7, 11) is 3.94. The lowest BCUT2D eigenvalue weighted by atomic mass is 10.1. The largest absolute Gasteiger partial charge is 0.334 e. The summed E-state index contributed by atoms with van der Waals surface area (Å²) < 4.78 is 1.98. The maximum atomic E-state index is 8.70. The Bertz CT molecular complexity index is 811. The Morgan fingerprint density at radius 3 is 2.71 bits per heavy atom. The molecule has 0 spiro atoms. The maximum Gasteiger partial charge on any atom is 0.134 e. The Labute approximate surface area is 123 Å². The van der Waals surface area contributed by atoms with E-state index in [2.05, 4.69) is 16.0 Å². The molecule has 2 aromatic heterocycles. The highest BCUT2D eigenvalue weighted by atomic mass is 15.2. The Morgan fingerprint density at radius 2 is 2.00 bits per heavy atom. The van der Waals surface area contributed by atoms with E-state index in [4.69, 9.17) is 5.26 Å². The molecule has 0 aliphatic rings. The quantitative estimate of drug-likeness (QED) is 0.738. The summed E-state index contributed by atoms with van der Waals surface area (Å²) in [5.74, 6) is 0.860. The molecule has 3 aromatic rings. The molecule has 0 saturated heterocycles. The van der Waals surface area contributed by atoms with E-state index < -0.39 is 0 Å². The van der Waals surface area contributed by atoms with Gasteiger partial charge in [0.2, 0.25) is 0 Å². The lowest BCUT2D eigenvalue weighted by molar-refractivity contribution is 0.946. The van der Waals surface area contributed by atoms with Crippen molar-refractivity contribution in [2.75, 3.05) is 11.9 Å². The minimum absolute atomic E-state index is 0.434. The van der Waals surface area contributed by atoms with Gasteiger partial charge in [-0.15, -0.1) is 0 Å². The van der Waals surface area contributed by atoms with Crippen molar-refractivity contribution in [3.05, 3.63) is 48.4 Å². The third kappa shape index (κ3) is 2.43. The van der Waals surface area contributed by atoms with E-state index in [0.717, 1.165) is 28.1 Å². The molecule has 0 amide bonds. The van der Waals surface area contributed by atoms with Gasteiger partial charge in [0, 0.05) is 25.8 Å². The second-order valence-corrected chi connectivity index (χ2v) is 4.95. The molecular formula is C16H15N5. The fraction of sp³-hybridized carbons (Fsp3) is 0.188. The molecule has 0 radical (unpaired) electrons. The van der Waals surface area contributed by atoms with Gasteiger partial charge in [0.15, 0.2) is 0 Å². The van der Waals surface area contributed by atoms with E-state index in [-0.39, 0.29) is 0 Å². The summed E-state index contributed by atoms with van der Waals surface area (Å²) in [6.45, 7) is 0. The van der Waals surface area contributed by atoms with Crippen molar-refractivity contribution >= 4 is 22.5 Å². The predicted octanol–water partition coefficient (Wildman–Crippen LogP) is 2.80. The van der Waals surface area contributed by atoms with Crippen LogP contribution in [0.4, 0.5) is 11.5 Å². The summed E-state index contributed by atoms with van der Waals surface area (Å²) in [5.41, 5.74) is 3.99. The van der Waals surface area contributed by atoms with Crippen molar-refractivity contribution in [2.24, 2.45) is 7.05 Å². The van der Waals surface area contributed by atoms with Crippen LogP contribution in [0.3, 0.4) is 0 Å². The highest BCUT2D eigenvalue weighted by molar-refractivity contribution is 5.78. The van der Waals surface area contributed by atoms with Gasteiger partial charge >= 0.3 is 0 Å². The second kappa shape index (κ2) is 5.25. The zero-order valence-electron chi connectivity index (χ0n) is 12.0. The smallest absolute Gasteiger partial charge is 0.134 e. The number of aryl methyl sites for hydroxylation is 1. The highest BCUT2D eigenvalue weighted by Crippen LogP contribution is 2.24. The normalized spacial score (nSPS) is 10.5. The average Bonchev–Trinajstić information content (AvgIpc) is 2.89. The summed E-state index contributed by atoms with van der Waals surface area (Å²) in [5, 5.41) is 8.70. The van der Waals surface area contributed by atoms with Gasteiger partial charge in [-0.1, -0.05) is 12.1 Å². The first-order valence-electron chi connectivity index (χ1n) is 6.66. The van der Waals surface area contributed by atoms with Gasteiger partial charge in [0.25, 0.3) is 0 Å². The Hall–Kier alpha value is -2.87. The summed E-state index contributed by atoms with van der Waals surface area (Å²) >= 11 is 0. The molecular weight excluding hydrogens is 262 g/mol. The van der Waals surface area contributed by atoms with Crippen LogP contribution in [0.25, 0.3) is 11.0 Å². The number of fused-ring (bicyclic) bond motifs is 1. The number of rotatable bonds is 3. The van der Waals surface area contributed by atoms with Gasteiger partial charge in [0.1, 0.15) is 11.3 Å².